The Labute approximate surface area is 93.9 Å². The lowest BCUT2D eigenvalue weighted by atomic mass is 10.3. The first kappa shape index (κ1) is 9.40. The SMILES string of the molecule is O=Cc1ccc(N(CC2CC2)C2CC2)s1. The number of rotatable bonds is 5. The molecule has 3 heteroatoms. The van der Waals surface area contributed by atoms with Crippen molar-refractivity contribution in [3.05, 3.63) is 17.0 Å². The molecule has 1 aromatic rings. The smallest absolute Gasteiger partial charge is 0.160 e. The number of hydrogen-bond donors (Lipinski definition) is 0. The second kappa shape index (κ2) is 3.63. The summed E-state index contributed by atoms with van der Waals surface area (Å²) in [5.74, 6) is 0.924. The molecule has 0 aromatic carbocycles. The highest BCUT2D eigenvalue weighted by Crippen LogP contribution is 2.39. The van der Waals surface area contributed by atoms with Crippen LogP contribution in [0.25, 0.3) is 0 Å². The van der Waals surface area contributed by atoms with E-state index in [1.165, 1.54) is 37.2 Å². The van der Waals surface area contributed by atoms with Crippen molar-refractivity contribution >= 4 is 22.6 Å². The van der Waals surface area contributed by atoms with Gasteiger partial charge in [-0.1, -0.05) is 0 Å². The van der Waals surface area contributed by atoms with Crippen molar-refractivity contribution < 1.29 is 4.79 Å². The number of thiophene rings is 1. The Morgan fingerprint density at radius 1 is 1.33 bits per heavy atom. The molecule has 2 nitrogen and oxygen atoms in total. The van der Waals surface area contributed by atoms with Crippen molar-refractivity contribution in [2.45, 2.75) is 31.7 Å². The maximum atomic E-state index is 10.7. The molecule has 80 valence electrons. The summed E-state index contributed by atoms with van der Waals surface area (Å²) in [6.07, 6.45) is 6.42. The molecule has 0 spiro atoms. The van der Waals surface area contributed by atoms with E-state index in [9.17, 15) is 4.79 Å². The second-order valence-corrected chi connectivity index (χ2v) is 5.71. The topological polar surface area (TPSA) is 20.3 Å². The van der Waals surface area contributed by atoms with Crippen LogP contribution in [0.1, 0.15) is 35.4 Å². The molecular formula is C12H15NOS. The standard InChI is InChI=1S/C12H15NOS/c14-8-11-5-6-12(15-11)13(10-3-4-10)7-9-1-2-9/h5-6,8-10H,1-4,7H2. The van der Waals surface area contributed by atoms with Gasteiger partial charge in [0.2, 0.25) is 0 Å². The van der Waals surface area contributed by atoms with Crippen molar-refractivity contribution in [3.63, 3.8) is 0 Å². The molecule has 0 amide bonds. The van der Waals surface area contributed by atoms with E-state index in [0.29, 0.717) is 0 Å². The van der Waals surface area contributed by atoms with Crippen LogP contribution in [-0.4, -0.2) is 18.9 Å². The number of nitrogens with zero attached hydrogens (tertiary/aromatic N) is 1. The number of carbonyl (C=O) groups excluding carboxylic acids is 1. The maximum Gasteiger partial charge on any atom is 0.160 e. The predicted octanol–water partition coefficient (Wildman–Crippen LogP) is 2.94. The van der Waals surface area contributed by atoms with Crippen molar-refractivity contribution in [1.82, 2.24) is 0 Å². The van der Waals surface area contributed by atoms with Crippen LogP contribution in [0.3, 0.4) is 0 Å². The predicted molar refractivity (Wildman–Crippen MR) is 62.8 cm³/mol. The van der Waals surface area contributed by atoms with Gasteiger partial charge in [-0.05, 0) is 43.7 Å². The van der Waals surface area contributed by atoms with Crippen molar-refractivity contribution in [1.29, 1.82) is 0 Å². The number of carbonyl (C=O) groups is 1. The van der Waals surface area contributed by atoms with E-state index >= 15 is 0 Å². The van der Waals surface area contributed by atoms with Gasteiger partial charge in [-0.2, -0.15) is 0 Å². The lowest BCUT2D eigenvalue weighted by Crippen LogP contribution is -2.26. The summed E-state index contributed by atoms with van der Waals surface area (Å²) in [5, 5.41) is 1.30. The fraction of sp³-hybridized carbons (Fsp3) is 0.583. The zero-order valence-electron chi connectivity index (χ0n) is 8.69. The van der Waals surface area contributed by atoms with Crippen LogP contribution in [0.4, 0.5) is 5.00 Å². The van der Waals surface area contributed by atoms with Gasteiger partial charge < -0.3 is 4.90 Å². The number of hydrogen-bond acceptors (Lipinski definition) is 3. The molecule has 2 aliphatic rings. The summed E-state index contributed by atoms with van der Waals surface area (Å²) in [6, 6.07) is 4.81. The molecule has 3 rings (SSSR count). The summed E-state index contributed by atoms with van der Waals surface area (Å²) in [6.45, 7) is 1.21. The molecule has 2 aliphatic carbocycles. The fourth-order valence-corrected chi connectivity index (χ4v) is 2.85. The van der Waals surface area contributed by atoms with Gasteiger partial charge in [-0.25, -0.2) is 0 Å². The molecule has 15 heavy (non-hydrogen) atoms. The molecule has 0 radical (unpaired) electrons. The van der Waals surface area contributed by atoms with E-state index < -0.39 is 0 Å². The Hall–Kier alpha value is -0.830. The lowest BCUT2D eigenvalue weighted by Gasteiger charge is -2.22. The van der Waals surface area contributed by atoms with Crippen molar-refractivity contribution in [3.8, 4) is 0 Å². The quantitative estimate of drug-likeness (QED) is 0.712. The van der Waals surface area contributed by atoms with Crippen LogP contribution in [0.5, 0.6) is 0 Å². The summed E-state index contributed by atoms with van der Waals surface area (Å²) in [4.78, 5) is 14.0. The van der Waals surface area contributed by atoms with Crippen LogP contribution >= 0.6 is 11.3 Å². The minimum absolute atomic E-state index is 0.767. The van der Waals surface area contributed by atoms with Gasteiger partial charge >= 0.3 is 0 Å². The minimum atomic E-state index is 0.767. The average Bonchev–Trinajstić information content (AvgIpc) is 3.14. The van der Waals surface area contributed by atoms with Gasteiger partial charge in [0.15, 0.2) is 6.29 Å². The lowest BCUT2D eigenvalue weighted by molar-refractivity contribution is 0.112. The van der Waals surface area contributed by atoms with Crippen LogP contribution in [0.15, 0.2) is 12.1 Å². The third-order valence-corrected chi connectivity index (χ3v) is 4.20. The van der Waals surface area contributed by atoms with Gasteiger partial charge in [0.1, 0.15) is 0 Å². The third-order valence-electron chi connectivity index (χ3n) is 3.15. The Balaban J connectivity index is 1.76. The number of anilines is 1. The molecule has 0 unspecified atom stereocenters. The van der Waals surface area contributed by atoms with Crippen LogP contribution < -0.4 is 4.90 Å². The molecule has 0 atom stereocenters. The Morgan fingerprint density at radius 2 is 2.13 bits per heavy atom. The molecule has 0 aliphatic heterocycles. The zero-order valence-corrected chi connectivity index (χ0v) is 9.50. The Morgan fingerprint density at radius 3 is 2.67 bits per heavy atom. The molecule has 2 fully saturated rings. The first-order valence-electron chi connectivity index (χ1n) is 5.68. The zero-order chi connectivity index (χ0) is 10.3. The molecular weight excluding hydrogens is 206 g/mol. The van der Waals surface area contributed by atoms with Gasteiger partial charge in [-0.15, -0.1) is 11.3 Å². The first-order chi connectivity index (χ1) is 7.36. The minimum Gasteiger partial charge on any atom is -0.360 e. The molecule has 1 heterocycles. The first-order valence-corrected chi connectivity index (χ1v) is 6.50. The Bertz CT molecular complexity index is 365. The van der Waals surface area contributed by atoms with E-state index in [1.807, 2.05) is 6.07 Å². The third kappa shape index (κ3) is 2.07. The summed E-state index contributed by atoms with van der Waals surface area (Å²) < 4.78 is 0. The van der Waals surface area contributed by atoms with E-state index in [-0.39, 0.29) is 0 Å². The maximum absolute atomic E-state index is 10.7. The highest BCUT2D eigenvalue weighted by molar-refractivity contribution is 7.17. The normalized spacial score (nSPS) is 20.3. The van der Waals surface area contributed by atoms with Gasteiger partial charge in [-0.3, -0.25) is 4.79 Å². The van der Waals surface area contributed by atoms with Gasteiger partial charge in [0.05, 0.1) is 9.88 Å². The fourth-order valence-electron chi connectivity index (χ4n) is 1.94. The molecule has 0 N–H and O–H groups in total. The van der Waals surface area contributed by atoms with Gasteiger partial charge in [0.25, 0.3) is 0 Å². The molecule has 1 aromatic heterocycles. The molecule has 0 saturated heterocycles. The monoisotopic (exact) mass is 221 g/mol. The highest BCUT2D eigenvalue weighted by Gasteiger charge is 2.34. The molecule has 0 bridgehead atoms. The van der Waals surface area contributed by atoms with Gasteiger partial charge in [0, 0.05) is 12.6 Å². The van der Waals surface area contributed by atoms with Crippen LogP contribution in [-0.2, 0) is 0 Å². The van der Waals surface area contributed by atoms with E-state index in [0.717, 1.165) is 23.1 Å². The van der Waals surface area contributed by atoms with Crippen LogP contribution in [0.2, 0.25) is 0 Å². The summed E-state index contributed by atoms with van der Waals surface area (Å²) in [7, 11) is 0. The second-order valence-electron chi connectivity index (χ2n) is 4.62. The van der Waals surface area contributed by atoms with Crippen molar-refractivity contribution in [2.24, 2.45) is 5.92 Å². The van der Waals surface area contributed by atoms with E-state index in [1.54, 1.807) is 11.3 Å². The number of aldehydes is 1. The highest BCUT2D eigenvalue weighted by atomic mass is 32.1. The average molecular weight is 221 g/mol. The summed E-state index contributed by atoms with van der Waals surface area (Å²) >= 11 is 1.64. The van der Waals surface area contributed by atoms with Crippen LogP contribution in [0, 0.1) is 5.92 Å². The summed E-state index contributed by atoms with van der Waals surface area (Å²) in [5.41, 5.74) is 0. The van der Waals surface area contributed by atoms with Crippen molar-refractivity contribution in [2.75, 3.05) is 11.4 Å². The van der Waals surface area contributed by atoms with E-state index in [2.05, 4.69) is 11.0 Å². The Kier molecular flexibility index (Phi) is 2.28. The molecule has 2 saturated carbocycles. The largest absolute Gasteiger partial charge is 0.360 e. The van der Waals surface area contributed by atoms with E-state index in [4.69, 9.17) is 0 Å².